The highest BCUT2D eigenvalue weighted by Crippen LogP contribution is 2.29. The maximum Gasteiger partial charge on any atom is 0.191 e. The molecule has 0 radical (unpaired) electrons. The molecule has 1 fully saturated rings. The normalized spacial score (nSPS) is 31.8. The second-order valence-corrected chi connectivity index (χ2v) is 4.01. The number of benzene rings is 1. The van der Waals surface area contributed by atoms with Crippen molar-refractivity contribution in [1.82, 2.24) is 0 Å². The van der Waals surface area contributed by atoms with Crippen LogP contribution < -0.4 is 0 Å². The second-order valence-electron chi connectivity index (χ2n) is 4.01. The summed E-state index contributed by atoms with van der Waals surface area (Å²) in [6.07, 6.45) is 1.43. The Morgan fingerprint density at radius 2 is 2.00 bits per heavy atom. The highest BCUT2D eigenvalue weighted by molar-refractivity contribution is 5.94. The monoisotopic (exact) mass is 232 g/mol. The Bertz CT molecular complexity index is 440. The Morgan fingerprint density at radius 3 is 2.82 bits per heavy atom. The van der Waals surface area contributed by atoms with Gasteiger partial charge in [0.15, 0.2) is 24.3 Å². The first-order valence-corrected chi connectivity index (χ1v) is 5.52. The molecule has 2 aliphatic rings. The fourth-order valence-corrected chi connectivity index (χ4v) is 1.98. The van der Waals surface area contributed by atoms with Gasteiger partial charge in [-0.15, -0.1) is 0 Å². The third kappa shape index (κ3) is 1.97. The summed E-state index contributed by atoms with van der Waals surface area (Å²) in [5.74, 6) is -0.0644. The third-order valence-electron chi connectivity index (χ3n) is 2.86. The average Bonchev–Trinajstić information content (AvgIpc) is 2.40. The quantitative estimate of drug-likeness (QED) is 0.737. The van der Waals surface area contributed by atoms with E-state index in [1.807, 2.05) is 30.3 Å². The topological polar surface area (TPSA) is 44.8 Å². The molecule has 0 amide bonds. The summed E-state index contributed by atoms with van der Waals surface area (Å²) in [7, 11) is 0. The van der Waals surface area contributed by atoms with Gasteiger partial charge < -0.3 is 14.2 Å². The number of rotatable bonds is 1. The molecule has 0 saturated carbocycles. The van der Waals surface area contributed by atoms with Crippen LogP contribution in [0.2, 0.25) is 0 Å². The highest BCUT2D eigenvalue weighted by atomic mass is 16.7. The molecule has 0 unspecified atom stereocenters. The highest BCUT2D eigenvalue weighted by Gasteiger charge is 2.39. The predicted octanol–water partition coefficient (Wildman–Crippen LogP) is 1.58. The smallest absolute Gasteiger partial charge is 0.191 e. The molecular weight excluding hydrogens is 220 g/mol. The standard InChI is InChI=1S/C13H12O4/c14-10-6-7-15-11-8-16-13(17-12(10)11)9-4-2-1-3-5-9/h1-7,11-13H,8H2/t11-,12-,13+/m1/s1. The van der Waals surface area contributed by atoms with E-state index in [-0.39, 0.29) is 11.9 Å². The summed E-state index contributed by atoms with van der Waals surface area (Å²) in [6, 6.07) is 9.57. The van der Waals surface area contributed by atoms with Gasteiger partial charge in [-0.25, -0.2) is 0 Å². The van der Waals surface area contributed by atoms with Crippen molar-refractivity contribution in [1.29, 1.82) is 0 Å². The van der Waals surface area contributed by atoms with E-state index in [0.29, 0.717) is 6.61 Å². The molecule has 0 spiro atoms. The lowest BCUT2D eigenvalue weighted by atomic mass is 10.1. The van der Waals surface area contributed by atoms with Gasteiger partial charge >= 0.3 is 0 Å². The number of fused-ring (bicyclic) bond motifs is 1. The fourth-order valence-electron chi connectivity index (χ4n) is 1.98. The molecule has 3 rings (SSSR count). The maximum atomic E-state index is 11.7. The molecular formula is C13H12O4. The van der Waals surface area contributed by atoms with Crippen LogP contribution in [-0.2, 0) is 19.0 Å². The minimum absolute atomic E-state index is 0.0644. The lowest BCUT2D eigenvalue weighted by molar-refractivity contribution is -0.252. The summed E-state index contributed by atoms with van der Waals surface area (Å²) >= 11 is 0. The molecule has 3 atom stereocenters. The molecule has 0 aliphatic carbocycles. The third-order valence-corrected chi connectivity index (χ3v) is 2.86. The van der Waals surface area contributed by atoms with Crippen molar-refractivity contribution >= 4 is 5.78 Å². The van der Waals surface area contributed by atoms with E-state index in [2.05, 4.69) is 0 Å². The lowest BCUT2D eigenvalue weighted by Crippen LogP contribution is -2.47. The molecule has 4 heteroatoms. The molecule has 2 aliphatic heterocycles. The van der Waals surface area contributed by atoms with E-state index in [0.717, 1.165) is 5.56 Å². The van der Waals surface area contributed by atoms with Crippen molar-refractivity contribution in [3.8, 4) is 0 Å². The minimum Gasteiger partial charge on any atom is -0.492 e. The van der Waals surface area contributed by atoms with Crippen molar-refractivity contribution < 1.29 is 19.0 Å². The van der Waals surface area contributed by atoms with Crippen molar-refractivity contribution in [2.75, 3.05) is 6.61 Å². The Hall–Kier alpha value is -1.65. The van der Waals surface area contributed by atoms with Crippen LogP contribution in [0.5, 0.6) is 0 Å². The van der Waals surface area contributed by atoms with Crippen LogP contribution in [0.1, 0.15) is 11.9 Å². The Balaban J connectivity index is 1.79. The molecule has 1 saturated heterocycles. The first kappa shape index (κ1) is 10.5. The summed E-state index contributed by atoms with van der Waals surface area (Å²) in [5.41, 5.74) is 0.910. The summed E-state index contributed by atoms with van der Waals surface area (Å²) in [4.78, 5) is 11.7. The Kier molecular flexibility index (Phi) is 2.66. The maximum absolute atomic E-state index is 11.7. The average molecular weight is 232 g/mol. The number of ketones is 1. The minimum atomic E-state index is -0.557. The first-order valence-electron chi connectivity index (χ1n) is 5.52. The predicted molar refractivity (Wildman–Crippen MR) is 59.0 cm³/mol. The zero-order valence-electron chi connectivity index (χ0n) is 9.11. The van der Waals surface area contributed by atoms with E-state index >= 15 is 0 Å². The van der Waals surface area contributed by atoms with Gasteiger partial charge in [0.2, 0.25) is 0 Å². The molecule has 0 N–H and O–H groups in total. The SMILES string of the molecule is O=C1C=CO[C@@H]2CO[C@H](c3ccccc3)O[C@H]12. The largest absolute Gasteiger partial charge is 0.492 e. The Labute approximate surface area is 98.8 Å². The van der Waals surface area contributed by atoms with Crippen molar-refractivity contribution in [3.63, 3.8) is 0 Å². The van der Waals surface area contributed by atoms with Gasteiger partial charge in [0, 0.05) is 11.6 Å². The number of hydrogen-bond donors (Lipinski definition) is 0. The van der Waals surface area contributed by atoms with Crippen LogP contribution >= 0.6 is 0 Å². The molecule has 88 valence electrons. The fraction of sp³-hybridized carbons (Fsp3) is 0.308. The number of carbonyl (C=O) groups excluding carboxylic acids is 1. The zero-order valence-corrected chi connectivity index (χ0v) is 9.11. The lowest BCUT2D eigenvalue weighted by Gasteiger charge is -2.36. The molecule has 0 bridgehead atoms. The van der Waals surface area contributed by atoms with Crippen LogP contribution in [0.4, 0.5) is 0 Å². The second kappa shape index (κ2) is 4.31. The molecule has 17 heavy (non-hydrogen) atoms. The van der Waals surface area contributed by atoms with Gasteiger partial charge in [-0.3, -0.25) is 4.79 Å². The summed E-state index contributed by atoms with van der Waals surface area (Å²) in [5, 5.41) is 0. The van der Waals surface area contributed by atoms with Gasteiger partial charge in [0.05, 0.1) is 12.9 Å². The van der Waals surface area contributed by atoms with Gasteiger partial charge in [0.25, 0.3) is 0 Å². The van der Waals surface area contributed by atoms with E-state index in [4.69, 9.17) is 14.2 Å². The van der Waals surface area contributed by atoms with Gasteiger partial charge in [-0.1, -0.05) is 30.3 Å². The number of ether oxygens (including phenoxy) is 3. The van der Waals surface area contributed by atoms with Crippen molar-refractivity contribution in [2.24, 2.45) is 0 Å². The van der Waals surface area contributed by atoms with Crippen LogP contribution in [0.15, 0.2) is 42.7 Å². The zero-order chi connectivity index (χ0) is 11.7. The molecule has 1 aromatic carbocycles. The van der Waals surface area contributed by atoms with E-state index < -0.39 is 12.4 Å². The molecule has 2 heterocycles. The Morgan fingerprint density at radius 1 is 1.18 bits per heavy atom. The van der Waals surface area contributed by atoms with Gasteiger partial charge in [0.1, 0.15) is 0 Å². The number of carbonyl (C=O) groups is 1. The van der Waals surface area contributed by atoms with Crippen LogP contribution in [0, 0.1) is 0 Å². The van der Waals surface area contributed by atoms with Crippen LogP contribution in [0.25, 0.3) is 0 Å². The van der Waals surface area contributed by atoms with Crippen molar-refractivity contribution in [2.45, 2.75) is 18.5 Å². The summed E-state index contributed by atoms with van der Waals surface area (Å²) in [6.45, 7) is 0.361. The van der Waals surface area contributed by atoms with E-state index in [1.54, 1.807) is 0 Å². The van der Waals surface area contributed by atoms with Gasteiger partial charge in [-0.05, 0) is 0 Å². The molecule has 4 nitrogen and oxygen atoms in total. The van der Waals surface area contributed by atoms with Crippen LogP contribution in [-0.4, -0.2) is 24.6 Å². The number of hydrogen-bond acceptors (Lipinski definition) is 4. The summed E-state index contributed by atoms with van der Waals surface area (Å²) < 4.78 is 16.5. The van der Waals surface area contributed by atoms with Gasteiger partial charge in [-0.2, -0.15) is 0 Å². The first-order chi connectivity index (χ1) is 8.34. The van der Waals surface area contributed by atoms with E-state index in [9.17, 15) is 4.79 Å². The van der Waals surface area contributed by atoms with Crippen molar-refractivity contribution in [3.05, 3.63) is 48.2 Å². The van der Waals surface area contributed by atoms with E-state index in [1.165, 1.54) is 12.3 Å². The molecule has 0 aromatic heterocycles. The molecule has 1 aromatic rings. The van der Waals surface area contributed by atoms with Crippen LogP contribution in [0.3, 0.4) is 0 Å².